The molecule has 0 radical (unpaired) electrons. The topological polar surface area (TPSA) is 95.9 Å². The minimum atomic E-state index is -0.261. The highest BCUT2D eigenvalue weighted by Gasteiger charge is 2.26. The number of nitrogens with zero attached hydrogens (tertiary/aromatic N) is 5. The van der Waals surface area contributed by atoms with Crippen molar-refractivity contribution < 1.29 is 4.79 Å². The zero-order chi connectivity index (χ0) is 19.6. The fourth-order valence-electron chi connectivity index (χ4n) is 3.29. The maximum atomic E-state index is 11.9. The third-order valence-electron chi connectivity index (χ3n) is 5.06. The van der Waals surface area contributed by atoms with Gasteiger partial charge in [-0.3, -0.25) is 4.79 Å². The molecule has 1 fully saturated rings. The molecule has 0 bridgehead atoms. The van der Waals surface area contributed by atoms with Gasteiger partial charge in [-0.1, -0.05) is 0 Å². The SMILES string of the molecule is CNC(=O)c1nc(C)c(C)c(N2CC[C@@H](NCc3cnc(C)nc3C)C2)n1. The van der Waals surface area contributed by atoms with Gasteiger partial charge in [0.1, 0.15) is 11.6 Å². The Morgan fingerprint density at radius 2 is 1.96 bits per heavy atom. The van der Waals surface area contributed by atoms with Gasteiger partial charge in [-0.15, -0.1) is 0 Å². The summed E-state index contributed by atoms with van der Waals surface area (Å²) in [6.07, 6.45) is 2.91. The van der Waals surface area contributed by atoms with Gasteiger partial charge in [-0.2, -0.15) is 0 Å². The summed E-state index contributed by atoms with van der Waals surface area (Å²) in [7, 11) is 1.59. The Bertz CT molecular complexity index is 852. The number of nitrogens with one attached hydrogen (secondary N) is 2. The van der Waals surface area contributed by atoms with Crippen LogP contribution in [-0.2, 0) is 6.54 Å². The van der Waals surface area contributed by atoms with Crippen molar-refractivity contribution in [3.8, 4) is 0 Å². The lowest BCUT2D eigenvalue weighted by molar-refractivity contribution is 0.0952. The number of carbonyl (C=O) groups excluding carboxylic acids is 1. The van der Waals surface area contributed by atoms with Crippen LogP contribution in [0.5, 0.6) is 0 Å². The average Bonchev–Trinajstić information content (AvgIpc) is 3.11. The molecular weight excluding hydrogens is 342 g/mol. The first-order chi connectivity index (χ1) is 12.9. The van der Waals surface area contributed by atoms with E-state index in [9.17, 15) is 4.79 Å². The highest BCUT2D eigenvalue weighted by molar-refractivity contribution is 5.90. The number of carbonyl (C=O) groups is 1. The molecule has 2 N–H and O–H groups in total. The number of hydrogen-bond donors (Lipinski definition) is 2. The van der Waals surface area contributed by atoms with Crippen LogP contribution in [0.2, 0.25) is 0 Å². The molecule has 1 saturated heterocycles. The largest absolute Gasteiger partial charge is 0.355 e. The second-order valence-electron chi connectivity index (χ2n) is 7.00. The molecule has 2 aromatic heterocycles. The summed E-state index contributed by atoms with van der Waals surface area (Å²) in [5.74, 6) is 1.60. The number of amides is 1. The molecule has 2 aromatic rings. The monoisotopic (exact) mass is 369 g/mol. The zero-order valence-electron chi connectivity index (χ0n) is 16.6. The summed E-state index contributed by atoms with van der Waals surface area (Å²) < 4.78 is 0. The minimum Gasteiger partial charge on any atom is -0.355 e. The van der Waals surface area contributed by atoms with Crippen LogP contribution < -0.4 is 15.5 Å². The Morgan fingerprint density at radius 3 is 2.67 bits per heavy atom. The molecule has 0 unspecified atom stereocenters. The van der Waals surface area contributed by atoms with E-state index in [2.05, 4.69) is 35.5 Å². The Morgan fingerprint density at radius 1 is 1.19 bits per heavy atom. The van der Waals surface area contributed by atoms with Gasteiger partial charge in [0.15, 0.2) is 0 Å². The van der Waals surface area contributed by atoms with Crippen LogP contribution in [0.15, 0.2) is 6.20 Å². The van der Waals surface area contributed by atoms with Crippen LogP contribution in [0.1, 0.15) is 45.4 Å². The molecule has 144 valence electrons. The van der Waals surface area contributed by atoms with Gasteiger partial charge in [-0.25, -0.2) is 19.9 Å². The number of hydrogen-bond acceptors (Lipinski definition) is 7. The number of aromatic nitrogens is 4. The molecule has 1 aliphatic rings. The van der Waals surface area contributed by atoms with E-state index >= 15 is 0 Å². The van der Waals surface area contributed by atoms with E-state index in [1.54, 1.807) is 7.05 Å². The van der Waals surface area contributed by atoms with E-state index in [0.29, 0.717) is 6.04 Å². The van der Waals surface area contributed by atoms with Crippen molar-refractivity contribution in [2.75, 3.05) is 25.0 Å². The van der Waals surface area contributed by atoms with Crippen LogP contribution in [0.25, 0.3) is 0 Å². The van der Waals surface area contributed by atoms with E-state index in [0.717, 1.165) is 60.2 Å². The van der Waals surface area contributed by atoms with Crippen molar-refractivity contribution in [3.05, 3.63) is 40.4 Å². The van der Waals surface area contributed by atoms with Gasteiger partial charge in [0, 0.05) is 61.4 Å². The standard InChI is InChI=1S/C19H27N7O/c1-11-12(2)24-17(19(27)20-5)25-18(11)26-7-6-16(10-26)22-9-15-8-21-14(4)23-13(15)3/h8,16,22H,6-7,9-10H2,1-5H3,(H,20,27)/t16-/m1/s1. The van der Waals surface area contributed by atoms with Gasteiger partial charge in [-0.05, 0) is 34.1 Å². The second kappa shape index (κ2) is 7.96. The lowest BCUT2D eigenvalue weighted by Crippen LogP contribution is -2.33. The Balaban J connectivity index is 1.69. The second-order valence-corrected chi connectivity index (χ2v) is 7.00. The summed E-state index contributed by atoms with van der Waals surface area (Å²) in [5.41, 5.74) is 3.99. The Kier molecular flexibility index (Phi) is 5.65. The molecule has 8 heteroatoms. The van der Waals surface area contributed by atoms with E-state index in [-0.39, 0.29) is 11.7 Å². The number of aryl methyl sites for hydroxylation is 3. The molecule has 0 aromatic carbocycles. The molecule has 8 nitrogen and oxygen atoms in total. The molecule has 1 amide bonds. The van der Waals surface area contributed by atoms with E-state index < -0.39 is 0 Å². The highest BCUT2D eigenvalue weighted by atomic mass is 16.2. The maximum Gasteiger partial charge on any atom is 0.288 e. The predicted molar refractivity (Wildman–Crippen MR) is 104 cm³/mol. The van der Waals surface area contributed by atoms with Crippen molar-refractivity contribution in [2.45, 2.75) is 46.7 Å². The zero-order valence-corrected chi connectivity index (χ0v) is 16.6. The molecule has 0 aliphatic carbocycles. The van der Waals surface area contributed by atoms with Gasteiger partial charge in [0.2, 0.25) is 5.82 Å². The van der Waals surface area contributed by atoms with Gasteiger partial charge in [0.25, 0.3) is 5.91 Å². The quantitative estimate of drug-likeness (QED) is 0.818. The maximum absolute atomic E-state index is 11.9. The first kappa shape index (κ1) is 19.2. The van der Waals surface area contributed by atoms with E-state index in [1.807, 2.05) is 33.9 Å². The number of anilines is 1. The van der Waals surface area contributed by atoms with E-state index in [4.69, 9.17) is 0 Å². The third kappa shape index (κ3) is 4.21. The minimum absolute atomic E-state index is 0.222. The predicted octanol–water partition coefficient (Wildman–Crippen LogP) is 1.23. The van der Waals surface area contributed by atoms with Crippen LogP contribution >= 0.6 is 0 Å². The molecule has 3 heterocycles. The van der Waals surface area contributed by atoms with Gasteiger partial charge >= 0.3 is 0 Å². The highest BCUT2D eigenvalue weighted by Crippen LogP contribution is 2.24. The molecule has 1 atom stereocenters. The summed E-state index contributed by atoms with van der Waals surface area (Å²) in [5, 5.41) is 6.19. The van der Waals surface area contributed by atoms with Gasteiger partial charge < -0.3 is 15.5 Å². The molecule has 27 heavy (non-hydrogen) atoms. The van der Waals surface area contributed by atoms with Crippen molar-refractivity contribution in [1.82, 2.24) is 30.6 Å². The van der Waals surface area contributed by atoms with Crippen LogP contribution in [0, 0.1) is 27.7 Å². The Labute approximate surface area is 159 Å². The third-order valence-corrected chi connectivity index (χ3v) is 5.06. The van der Waals surface area contributed by atoms with Crippen molar-refractivity contribution >= 4 is 11.7 Å². The lowest BCUT2D eigenvalue weighted by atomic mass is 10.2. The molecular formula is C19H27N7O. The summed E-state index contributed by atoms with van der Waals surface area (Å²) in [4.78, 5) is 31.7. The molecule has 3 rings (SSSR count). The number of rotatable bonds is 5. The van der Waals surface area contributed by atoms with Crippen molar-refractivity contribution in [3.63, 3.8) is 0 Å². The van der Waals surface area contributed by atoms with Crippen LogP contribution in [0.3, 0.4) is 0 Å². The normalized spacial score (nSPS) is 16.6. The van der Waals surface area contributed by atoms with E-state index in [1.165, 1.54) is 0 Å². The summed E-state index contributed by atoms with van der Waals surface area (Å²) in [6, 6.07) is 0.351. The Hall–Kier alpha value is -2.61. The molecule has 1 aliphatic heterocycles. The van der Waals surface area contributed by atoms with Crippen molar-refractivity contribution in [2.24, 2.45) is 0 Å². The molecule has 0 spiro atoms. The summed E-state index contributed by atoms with van der Waals surface area (Å²) in [6.45, 7) is 10.3. The first-order valence-electron chi connectivity index (χ1n) is 9.23. The smallest absolute Gasteiger partial charge is 0.288 e. The average molecular weight is 369 g/mol. The summed E-state index contributed by atoms with van der Waals surface area (Å²) >= 11 is 0. The van der Waals surface area contributed by atoms with Gasteiger partial charge in [0.05, 0.1) is 0 Å². The molecule has 0 saturated carbocycles. The lowest BCUT2D eigenvalue weighted by Gasteiger charge is -2.21. The van der Waals surface area contributed by atoms with Crippen LogP contribution in [0.4, 0.5) is 5.82 Å². The van der Waals surface area contributed by atoms with Crippen LogP contribution in [-0.4, -0.2) is 52.0 Å². The fourth-order valence-corrected chi connectivity index (χ4v) is 3.29. The van der Waals surface area contributed by atoms with Crippen molar-refractivity contribution in [1.29, 1.82) is 0 Å². The first-order valence-corrected chi connectivity index (χ1v) is 9.23. The fraction of sp³-hybridized carbons (Fsp3) is 0.526.